The molecule has 1 saturated heterocycles. The first-order chi connectivity index (χ1) is 6.33. The molecular weight excluding hydrogens is 190 g/mol. The molecule has 0 radical (unpaired) electrons. The molecule has 2 nitrogen and oxygen atoms in total. The highest BCUT2D eigenvalue weighted by Crippen LogP contribution is 2.37. The van der Waals surface area contributed by atoms with Gasteiger partial charge in [0.15, 0.2) is 8.32 Å². The molecule has 1 atom stereocenters. The van der Waals surface area contributed by atoms with Gasteiger partial charge < -0.3 is 9.74 Å². The van der Waals surface area contributed by atoms with E-state index < -0.39 is 8.32 Å². The van der Waals surface area contributed by atoms with Crippen molar-refractivity contribution in [3.63, 3.8) is 0 Å². The fraction of sp³-hybridized carbons (Fsp3) is 1.00. The van der Waals surface area contributed by atoms with Gasteiger partial charge in [-0.3, -0.25) is 0 Å². The second-order valence-electron chi connectivity index (χ2n) is 5.85. The number of hydrogen-bond donors (Lipinski definition) is 1. The largest absolute Gasteiger partial charge is 0.413 e. The van der Waals surface area contributed by atoms with Gasteiger partial charge in [0.25, 0.3) is 0 Å². The Balaban J connectivity index is 2.49. The molecule has 0 amide bonds. The van der Waals surface area contributed by atoms with Crippen LogP contribution in [-0.4, -0.2) is 27.5 Å². The van der Waals surface area contributed by atoms with Crippen molar-refractivity contribution < 1.29 is 4.43 Å². The van der Waals surface area contributed by atoms with E-state index in [1.54, 1.807) is 0 Å². The Morgan fingerprint density at radius 3 is 2.36 bits per heavy atom. The molecule has 0 spiro atoms. The molecule has 1 fully saturated rings. The van der Waals surface area contributed by atoms with E-state index in [4.69, 9.17) is 4.43 Å². The maximum Gasteiger partial charge on any atom is 0.192 e. The van der Waals surface area contributed by atoms with Crippen LogP contribution >= 0.6 is 0 Å². The molecule has 0 aromatic carbocycles. The van der Waals surface area contributed by atoms with Gasteiger partial charge in [-0.1, -0.05) is 20.8 Å². The van der Waals surface area contributed by atoms with Crippen molar-refractivity contribution in [2.45, 2.75) is 57.8 Å². The Bertz CT molecular complexity index is 180. The average Bonchev–Trinajstić information content (AvgIpc) is 2.03. The summed E-state index contributed by atoms with van der Waals surface area (Å²) in [6.45, 7) is 13.8. The Hall–Kier alpha value is 0.137. The van der Waals surface area contributed by atoms with Gasteiger partial charge in [0, 0.05) is 6.54 Å². The third-order valence-electron chi connectivity index (χ3n) is 3.52. The minimum atomic E-state index is -1.53. The van der Waals surface area contributed by atoms with Gasteiger partial charge in [0.1, 0.15) is 0 Å². The van der Waals surface area contributed by atoms with E-state index in [9.17, 15) is 0 Å². The van der Waals surface area contributed by atoms with Crippen molar-refractivity contribution >= 4 is 8.32 Å². The van der Waals surface area contributed by atoms with Gasteiger partial charge in [0.2, 0.25) is 0 Å². The van der Waals surface area contributed by atoms with Crippen LogP contribution in [0.1, 0.15) is 33.6 Å². The summed E-state index contributed by atoms with van der Waals surface area (Å²) in [5.41, 5.74) is 0. The van der Waals surface area contributed by atoms with Crippen LogP contribution in [0.15, 0.2) is 0 Å². The fourth-order valence-corrected chi connectivity index (χ4v) is 2.90. The van der Waals surface area contributed by atoms with Crippen molar-refractivity contribution in [1.82, 2.24) is 5.32 Å². The van der Waals surface area contributed by atoms with Crippen LogP contribution in [-0.2, 0) is 4.43 Å². The Kier molecular flexibility index (Phi) is 3.78. The summed E-state index contributed by atoms with van der Waals surface area (Å²) in [5, 5.41) is 3.74. The minimum Gasteiger partial charge on any atom is -0.413 e. The van der Waals surface area contributed by atoms with Crippen molar-refractivity contribution in [2.75, 3.05) is 13.1 Å². The SMILES string of the molecule is CC(C)(C)[Si](C)(C)O[C@H]1CCCNC1. The summed E-state index contributed by atoms with van der Waals surface area (Å²) in [5.74, 6) is 0. The molecule has 1 aliphatic heterocycles. The van der Waals surface area contributed by atoms with E-state index in [1.165, 1.54) is 12.8 Å². The quantitative estimate of drug-likeness (QED) is 0.715. The number of hydrogen-bond acceptors (Lipinski definition) is 2. The molecule has 0 aromatic rings. The molecule has 1 heterocycles. The summed E-state index contributed by atoms with van der Waals surface area (Å²) < 4.78 is 6.32. The molecule has 1 N–H and O–H groups in total. The average molecular weight is 215 g/mol. The van der Waals surface area contributed by atoms with Crippen molar-refractivity contribution in [3.05, 3.63) is 0 Å². The lowest BCUT2D eigenvalue weighted by molar-refractivity contribution is 0.149. The van der Waals surface area contributed by atoms with E-state index in [-0.39, 0.29) is 0 Å². The normalized spacial score (nSPS) is 25.1. The van der Waals surface area contributed by atoms with Crippen LogP contribution in [0.4, 0.5) is 0 Å². The van der Waals surface area contributed by atoms with Gasteiger partial charge in [-0.25, -0.2) is 0 Å². The lowest BCUT2D eigenvalue weighted by Crippen LogP contribution is -2.48. The van der Waals surface area contributed by atoms with Crippen LogP contribution in [0.5, 0.6) is 0 Å². The molecule has 3 heteroatoms. The molecule has 1 aliphatic rings. The predicted molar refractivity (Wildman–Crippen MR) is 64.2 cm³/mol. The third-order valence-corrected chi connectivity index (χ3v) is 8.05. The Morgan fingerprint density at radius 1 is 1.29 bits per heavy atom. The first kappa shape index (κ1) is 12.2. The summed E-state index contributed by atoms with van der Waals surface area (Å²) in [7, 11) is -1.53. The second kappa shape index (κ2) is 4.33. The molecule has 0 saturated carbocycles. The van der Waals surface area contributed by atoms with E-state index in [0.29, 0.717) is 11.1 Å². The zero-order chi connectivity index (χ0) is 10.8. The van der Waals surface area contributed by atoms with E-state index in [2.05, 4.69) is 39.2 Å². The number of nitrogens with one attached hydrogen (secondary N) is 1. The fourth-order valence-electron chi connectivity index (χ4n) is 1.51. The number of rotatable bonds is 2. The van der Waals surface area contributed by atoms with E-state index in [0.717, 1.165) is 13.1 Å². The zero-order valence-electron chi connectivity index (χ0n) is 10.3. The standard InChI is InChI=1S/C11H25NOSi/c1-11(2,3)14(4,5)13-10-7-6-8-12-9-10/h10,12H,6-9H2,1-5H3/t10-/m0/s1. The van der Waals surface area contributed by atoms with Gasteiger partial charge in [-0.15, -0.1) is 0 Å². The molecule has 0 bridgehead atoms. The van der Waals surface area contributed by atoms with Gasteiger partial charge in [0.05, 0.1) is 6.10 Å². The monoisotopic (exact) mass is 215 g/mol. The smallest absolute Gasteiger partial charge is 0.192 e. The highest BCUT2D eigenvalue weighted by Gasteiger charge is 2.39. The highest BCUT2D eigenvalue weighted by atomic mass is 28.4. The van der Waals surface area contributed by atoms with Crippen LogP contribution in [0.25, 0.3) is 0 Å². The summed E-state index contributed by atoms with van der Waals surface area (Å²) in [4.78, 5) is 0. The van der Waals surface area contributed by atoms with Crippen LogP contribution in [0.3, 0.4) is 0 Å². The lowest BCUT2D eigenvalue weighted by atomic mass is 10.1. The van der Waals surface area contributed by atoms with E-state index in [1.807, 2.05) is 0 Å². The second-order valence-corrected chi connectivity index (χ2v) is 10.6. The van der Waals surface area contributed by atoms with Gasteiger partial charge in [-0.05, 0) is 37.5 Å². The summed E-state index contributed by atoms with van der Waals surface area (Å²) in [6, 6.07) is 0. The summed E-state index contributed by atoms with van der Waals surface area (Å²) >= 11 is 0. The first-order valence-electron chi connectivity index (χ1n) is 5.71. The molecule has 0 unspecified atom stereocenters. The predicted octanol–water partition coefficient (Wildman–Crippen LogP) is 2.76. The van der Waals surface area contributed by atoms with Gasteiger partial charge >= 0.3 is 0 Å². The molecule has 1 rings (SSSR count). The topological polar surface area (TPSA) is 21.3 Å². The van der Waals surface area contributed by atoms with E-state index >= 15 is 0 Å². The zero-order valence-corrected chi connectivity index (χ0v) is 11.3. The Morgan fingerprint density at radius 2 is 1.93 bits per heavy atom. The van der Waals surface area contributed by atoms with Gasteiger partial charge in [-0.2, -0.15) is 0 Å². The molecule has 0 aromatic heterocycles. The van der Waals surface area contributed by atoms with Crippen molar-refractivity contribution in [3.8, 4) is 0 Å². The highest BCUT2D eigenvalue weighted by molar-refractivity contribution is 6.74. The molecule has 84 valence electrons. The maximum absolute atomic E-state index is 6.32. The van der Waals surface area contributed by atoms with Crippen LogP contribution in [0.2, 0.25) is 18.1 Å². The number of piperidine rings is 1. The lowest BCUT2D eigenvalue weighted by Gasteiger charge is -2.40. The first-order valence-corrected chi connectivity index (χ1v) is 8.62. The van der Waals surface area contributed by atoms with Crippen LogP contribution in [0, 0.1) is 0 Å². The van der Waals surface area contributed by atoms with Crippen molar-refractivity contribution in [2.24, 2.45) is 0 Å². The molecule has 14 heavy (non-hydrogen) atoms. The molecule has 0 aliphatic carbocycles. The minimum absolute atomic E-state index is 0.338. The van der Waals surface area contributed by atoms with Crippen LogP contribution < -0.4 is 5.32 Å². The molecular formula is C11H25NOSi. The Labute approximate surface area is 89.6 Å². The third kappa shape index (κ3) is 3.07. The summed E-state index contributed by atoms with van der Waals surface area (Å²) in [6.07, 6.45) is 2.96. The maximum atomic E-state index is 6.32. The van der Waals surface area contributed by atoms with Crippen molar-refractivity contribution in [1.29, 1.82) is 0 Å².